The summed E-state index contributed by atoms with van der Waals surface area (Å²) in [6.45, 7) is 9.95. The van der Waals surface area contributed by atoms with Gasteiger partial charge in [-0.25, -0.2) is 0 Å². The molecular weight excluding hydrogens is 404 g/mol. The number of hydrogen-bond donors (Lipinski definition) is 2. The van der Waals surface area contributed by atoms with Crippen molar-refractivity contribution in [3.05, 3.63) is 0 Å². The van der Waals surface area contributed by atoms with Gasteiger partial charge in [0, 0.05) is 23.5 Å². The molecule has 0 amide bonds. The van der Waals surface area contributed by atoms with Crippen molar-refractivity contribution in [3.63, 3.8) is 0 Å². The first-order valence-electron chi connectivity index (χ1n) is 12.1. The Morgan fingerprint density at radius 2 is 1.69 bits per heavy atom. The van der Waals surface area contributed by atoms with E-state index in [-0.39, 0.29) is 23.2 Å². The molecule has 0 saturated heterocycles. The Morgan fingerprint density at radius 3 is 2.38 bits per heavy atom. The SMILES string of the molecule is C[C@H](CCC(=O)O)[C@H]1CC[C@H]2[C@@H]3[C@@H](C)C[C@@H]4C[C@H](O)CC[C@]4(C)[C@H]3CC[C@]12C.[Fe]. The minimum absolute atomic E-state index is 0. The molecule has 4 aliphatic rings. The van der Waals surface area contributed by atoms with Crippen LogP contribution >= 0.6 is 0 Å². The van der Waals surface area contributed by atoms with E-state index in [4.69, 9.17) is 5.11 Å². The normalized spacial score (nSPS) is 49.9. The van der Waals surface area contributed by atoms with Crippen molar-refractivity contribution in [3.8, 4) is 0 Å². The summed E-state index contributed by atoms with van der Waals surface area (Å²) in [4.78, 5) is 11.1. The molecule has 0 spiro atoms. The van der Waals surface area contributed by atoms with E-state index < -0.39 is 5.97 Å². The molecule has 0 aromatic rings. The van der Waals surface area contributed by atoms with Crippen molar-refractivity contribution < 1.29 is 32.1 Å². The second-order valence-corrected chi connectivity index (χ2v) is 11.8. The Hall–Kier alpha value is -0.0505. The number of carboxylic acid groups (broad SMARTS) is 1. The van der Waals surface area contributed by atoms with E-state index >= 15 is 0 Å². The van der Waals surface area contributed by atoms with E-state index in [1.807, 2.05) is 0 Å². The Labute approximate surface area is 188 Å². The molecule has 0 aliphatic heterocycles. The molecule has 4 rings (SSSR count). The van der Waals surface area contributed by atoms with Gasteiger partial charge in [0.2, 0.25) is 0 Å². The van der Waals surface area contributed by atoms with Gasteiger partial charge in [0.25, 0.3) is 0 Å². The second-order valence-electron chi connectivity index (χ2n) is 11.8. The number of aliphatic carboxylic acids is 1. The van der Waals surface area contributed by atoms with E-state index in [1.165, 1.54) is 38.5 Å². The summed E-state index contributed by atoms with van der Waals surface area (Å²) in [5.41, 5.74) is 0.843. The van der Waals surface area contributed by atoms with Crippen molar-refractivity contribution >= 4 is 5.97 Å². The molecule has 4 saturated carbocycles. The molecule has 0 bridgehead atoms. The summed E-state index contributed by atoms with van der Waals surface area (Å²) in [7, 11) is 0. The Morgan fingerprint density at radius 1 is 1.03 bits per heavy atom. The van der Waals surface area contributed by atoms with Crippen molar-refractivity contribution in [2.24, 2.45) is 52.3 Å². The van der Waals surface area contributed by atoms with E-state index in [9.17, 15) is 9.90 Å². The van der Waals surface area contributed by atoms with E-state index in [2.05, 4.69) is 27.7 Å². The molecule has 2 N–H and O–H groups in total. The van der Waals surface area contributed by atoms with E-state index in [0.717, 1.165) is 42.9 Å². The first-order chi connectivity index (χ1) is 13.2. The van der Waals surface area contributed by atoms with Gasteiger partial charge in [0.15, 0.2) is 0 Å². The molecule has 4 aliphatic carbocycles. The van der Waals surface area contributed by atoms with Gasteiger partial charge in [-0.1, -0.05) is 27.7 Å². The van der Waals surface area contributed by atoms with Crippen LogP contribution in [0.2, 0.25) is 0 Å². The molecule has 0 aromatic heterocycles. The quantitative estimate of drug-likeness (QED) is 0.541. The summed E-state index contributed by atoms with van der Waals surface area (Å²) in [5, 5.41) is 19.4. The third-order valence-electron chi connectivity index (χ3n) is 10.6. The third kappa shape index (κ3) is 3.85. The molecule has 0 radical (unpaired) electrons. The van der Waals surface area contributed by atoms with Crippen LogP contribution in [0.1, 0.15) is 91.9 Å². The van der Waals surface area contributed by atoms with Gasteiger partial charge in [0.1, 0.15) is 0 Å². The Kier molecular flexibility index (Phi) is 6.90. The minimum atomic E-state index is -0.644. The summed E-state index contributed by atoms with van der Waals surface area (Å²) < 4.78 is 0. The maximum atomic E-state index is 11.1. The molecule has 4 heteroatoms. The fourth-order valence-electron chi connectivity index (χ4n) is 9.14. The van der Waals surface area contributed by atoms with Gasteiger partial charge in [-0.3, -0.25) is 4.79 Å². The van der Waals surface area contributed by atoms with Crippen LogP contribution in [0.15, 0.2) is 0 Å². The predicted octanol–water partition coefficient (Wildman–Crippen LogP) is 5.75. The Balaban J connectivity index is 0.00000240. The summed E-state index contributed by atoms with van der Waals surface area (Å²) in [5.74, 6) is 4.55. The maximum Gasteiger partial charge on any atom is 0.303 e. The first-order valence-corrected chi connectivity index (χ1v) is 12.1. The van der Waals surface area contributed by atoms with Crippen molar-refractivity contribution in [2.45, 2.75) is 98.0 Å². The minimum Gasteiger partial charge on any atom is -0.481 e. The van der Waals surface area contributed by atoms with Crippen LogP contribution < -0.4 is 0 Å². The van der Waals surface area contributed by atoms with Gasteiger partial charge >= 0.3 is 5.97 Å². The summed E-state index contributed by atoms with van der Waals surface area (Å²) in [6, 6.07) is 0. The van der Waals surface area contributed by atoms with Crippen LogP contribution in [-0.2, 0) is 21.9 Å². The monoisotopic (exact) mass is 446 g/mol. The number of aliphatic hydroxyl groups excluding tert-OH is 1. The van der Waals surface area contributed by atoms with Crippen LogP contribution in [0.25, 0.3) is 0 Å². The maximum absolute atomic E-state index is 11.1. The zero-order valence-corrected chi connectivity index (χ0v) is 20.0. The third-order valence-corrected chi connectivity index (χ3v) is 10.6. The smallest absolute Gasteiger partial charge is 0.303 e. The zero-order chi connectivity index (χ0) is 20.3. The van der Waals surface area contributed by atoms with Gasteiger partial charge < -0.3 is 10.2 Å². The first kappa shape index (κ1) is 23.6. The zero-order valence-electron chi connectivity index (χ0n) is 18.8. The standard InChI is InChI=1S/C25H42O3.Fe/c1-15(5-8-22(27)28)19-6-7-20-23-16(2)13-17-14-18(26)9-11-24(17,3)21(23)10-12-25(19,20)4;/h15-21,23,26H,5-14H2,1-4H3,(H,27,28);/t15-,16+,17-,18-,19-,20+,21+,23+,24+,25-;/m1./s1. The van der Waals surface area contributed by atoms with Crippen LogP contribution in [0, 0.1) is 52.3 Å². The second kappa shape index (κ2) is 8.47. The number of rotatable bonds is 4. The average Bonchev–Trinajstić information content (AvgIpc) is 2.98. The fourth-order valence-corrected chi connectivity index (χ4v) is 9.14. The summed E-state index contributed by atoms with van der Waals surface area (Å²) >= 11 is 0. The average molecular weight is 446 g/mol. The number of carbonyl (C=O) groups is 1. The van der Waals surface area contributed by atoms with Crippen LogP contribution in [0.4, 0.5) is 0 Å². The largest absolute Gasteiger partial charge is 0.481 e. The van der Waals surface area contributed by atoms with Gasteiger partial charge in [-0.2, -0.15) is 0 Å². The van der Waals surface area contributed by atoms with Gasteiger partial charge in [-0.15, -0.1) is 0 Å². The number of hydrogen-bond acceptors (Lipinski definition) is 2. The summed E-state index contributed by atoms with van der Waals surface area (Å²) in [6.07, 6.45) is 11.0. The predicted molar refractivity (Wildman–Crippen MR) is 112 cm³/mol. The molecule has 0 aromatic carbocycles. The van der Waals surface area contributed by atoms with Gasteiger partial charge in [-0.05, 0) is 110 Å². The van der Waals surface area contributed by atoms with Crippen LogP contribution in [0.3, 0.4) is 0 Å². The number of fused-ring (bicyclic) bond motifs is 5. The van der Waals surface area contributed by atoms with Crippen LogP contribution in [-0.4, -0.2) is 22.3 Å². The fraction of sp³-hybridized carbons (Fsp3) is 0.960. The number of aliphatic hydroxyl groups is 1. The van der Waals surface area contributed by atoms with E-state index in [0.29, 0.717) is 35.0 Å². The molecule has 0 unspecified atom stereocenters. The molecule has 168 valence electrons. The van der Waals surface area contributed by atoms with Crippen molar-refractivity contribution in [1.82, 2.24) is 0 Å². The van der Waals surface area contributed by atoms with Gasteiger partial charge in [0.05, 0.1) is 6.10 Å². The molecule has 0 heterocycles. The molecule has 4 fully saturated rings. The molecule has 10 atom stereocenters. The van der Waals surface area contributed by atoms with Crippen molar-refractivity contribution in [2.75, 3.05) is 0 Å². The van der Waals surface area contributed by atoms with Crippen LogP contribution in [0.5, 0.6) is 0 Å². The molecule has 3 nitrogen and oxygen atoms in total. The molecule has 29 heavy (non-hydrogen) atoms. The Bertz CT molecular complexity index is 609. The van der Waals surface area contributed by atoms with E-state index in [1.54, 1.807) is 0 Å². The molecular formula is C25H42FeO3. The van der Waals surface area contributed by atoms with Crippen molar-refractivity contribution in [1.29, 1.82) is 0 Å². The number of carboxylic acids is 1. The topological polar surface area (TPSA) is 57.5 Å².